The molecule has 3 nitrogen and oxygen atoms in total. The number of carbonyl (C=O) groups is 1. The maximum Gasteiger partial charge on any atom is 0.240 e. The first kappa shape index (κ1) is 15.9. The third-order valence-electron chi connectivity index (χ3n) is 3.40. The third-order valence-corrected chi connectivity index (χ3v) is 3.40. The zero-order chi connectivity index (χ0) is 13.2. The first-order chi connectivity index (χ1) is 8.51. The lowest BCUT2D eigenvalue weighted by molar-refractivity contribution is -0.126. The number of carbonyl (C=O) groups excluding carboxylic acids is 1. The lowest BCUT2D eigenvalue weighted by Crippen LogP contribution is -2.51. The Bertz CT molecular complexity index is 462. The quantitative estimate of drug-likeness (QED) is 0.897. The van der Waals surface area contributed by atoms with E-state index >= 15 is 0 Å². The van der Waals surface area contributed by atoms with Gasteiger partial charge in [0.25, 0.3) is 0 Å². The summed E-state index contributed by atoms with van der Waals surface area (Å²) in [7, 11) is 0. The van der Waals surface area contributed by atoms with Crippen molar-refractivity contribution in [1.82, 2.24) is 5.32 Å². The molecule has 0 spiro atoms. The molecule has 3 N–H and O–H groups in total. The second kappa shape index (κ2) is 6.30. The number of nitrogens with two attached hydrogens (primary N) is 1. The molecule has 1 aromatic rings. The molecule has 106 valence electrons. The van der Waals surface area contributed by atoms with Gasteiger partial charge in [-0.3, -0.25) is 4.79 Å². The van der Waals surface area contributed by atoms with Gasteiger partial charge in [0.2, 0.25) is 5.91 Å². The SMILES string of the molecule is Cl.NC1(C(=O)NCc2cc(F)ccc2F)CCCC1. The molecular formula is C13H17ClF2N2O. The summed E-state index contributed by atoms with van der Waals surface area (Å²) in [5.41, 5.74) is 5.24. The van der Waals surface area contributed by atoms with Crippen LogP contribution in [0.5, 0.6) is 0 Å². The molecule has 0 heterocycles. The van der Waals surface area contributed by atoms with Crippen LogP contribution in [0.15, 0.2) is 18.2 Å². The summed E-state index contributed by atoms with van der Waals surface area (Å²) >= 11 is 0. The minimum absolute atomic E-state index is 0. The van der Waals surface area contributed by atoms with E-state index in [1.807, 2.05) is 0 Å². The van der Waals surface area contributed by atoms with Crippen LogP contribution in [-0.4, -0.2) is 11.4 Å². The van der Waals surface area contributed by atoms with Crippen LogP contribution in [-0.2, 0) is 11.3 Å². The summed E-state index contributed by atoms with van der Waals surface area (Å²) in [4.78, 5) is 11.9. The monoisotopic (exact) mass is 290 g/mol. The molecule has 1 fully saturated rings. The van der Waals surface area contributed by atoms with E-state index in [2.05, 4.69) is 5.32 Å². The predicted octanol–water partition coefficient (Wildman–Crippen LogP) is 2.27. The highest BCUT2D eigenvalue weighted by Gasteiger charge is 2.36. The van der Waals surface area contributed by atoms with Crippen molar-refractivity contribution in [1.29, 1.82) is 0 Å². The van der Waals surface area contributed by atoms with Crippen molar-refractivity contribution < 1.29 is 13.6 Å². The van der Waals surface area contributed by atoms with Crippen molar-refractivity contribution in [3.8, 4) is 0 Å². The molecule has 2 rings (SSSR count). The van der Waals surface area contributed by atoms with Gasteiger partial charge in [-0.05, 0) is 31.0 Å². The van der Waals surface area contributed by atoms with Crippen LogP contribution in [0.2, 0.25) is 0 Å². The molecule has 6 heteroatoms. The second-order valence-corrected chi connectivity index (χ2v) is 4.78. The van der Waals surface area contributed by atoms with E-state index in [0.717, 1.165) is 31.0 Å². The maximum absolute atomic E-state index is 13.3. The molecule has 1 aliphatic rings. The van der Waals surface area contributed by atoms with E-state index in [9.17, 15) is 13.6 Å². The van der Waals surface area contributed by atoms with Crippen molar-refractivity contribution in [2.45, 2.75) is 37.8 Å². The van der Waals surface area contributed by atoms with Gasteiger partial charge in [-0.2, -0.15) is 0 Å². The fraction of sp³-hybridized carbons (Fsp3) is 0.462. The summed E-state index contributed by atoms with van der Waals surface area (Å²) in [6.45, 7) is -0.0403. The van der Waals surface area contributed by atoms with Crippen molar-refractivity contribution in [2.24, 2.45) is 5.73 Å². The minimum Gasteiger partial charge on any atom is -0.350 e. The fourth-order valence-electron chi connectivity index (χ4n) is 2.26. The molecule has 1 saturated carbocycles. The summed E-state index contributed by atoms with van der Waals surface area (Å²) in [5.74, 6) is -1.35. The molecule has 0 bridgehead atoms. The van der Waals surface area contributed by atoms with Crippen LogP contribution in [0.25, 0.3) is 0 Å². The van der Waals surface area contributed by atoms with Gasteiger partial charge < -0.3 is 11.1 Å². The first-order valence-electron chi connectivity index (χ1n) is 6.02. The smallest absolute Gasteiger partial charge is 0.240 e. The first-order valence-corrected chi connectivity index (χ1v) is 6.02. The number of benzene rings is 1. The van der Waals surface area contributed by atoms with Gasteiger partial charge in [0.05, 0.1) is 5.54 Å². The van der Waals surface area contributed by atoms with Crippen LogP contribution in [0.1, 0.15) is 31.2 Å². The van der Waals surface area contributed by atoms with Gasteiger partial charge >= 0.3 is 0 Å². The van der Waals surface area contributed by atoms with E-state index in [1.54, 1.807) is 0 Å². The van der Waals surface area contributed by atoms with Gasteiger partial charge in [-0.1, -0.05) is 12.8 Å². The molecule has 1 aliphatic carbocycles. The maximum atomic E-state index is 13.3. The molecule has 0 aromatic heterocycles. The molecule has 0 unspecified atom stereocenters. The van der Waals surface area contributed by atoms with E-state index in [0.29, 0.717) is 12.8 Å². The Hall–Kier alpha value is -1.20. The van der Waals surface area contributed by atoms with Gasteiger partial charge in [0, 0.05) is 12.1 Å². The van der Waals surface area contributed by atoms with Gasteiger partial charge in [-0.25, -0.2) is 8.78 Å². The third kappa shape index (κ3) is 3.64. The Morgan fingerprint density at radius 1 is 1.32 bits per heavy atom. The number of rotatable bonds is 3. The van der Waals surface area contributed by atoms with Crippen LogP contribution in [0.3, 0.4) is 0 Å². The molecule has 19 heavy (non-hydrogen) atoms. The largest absolute Gasteiger partial charge is 0.350 e. The number of hydrogen-bond acceptors (Lipinski definition) is 2. The Morgan fingerprint density at radius 3 is 2.58 bits per heavy atom. The molecule has 0 atom stereocenters. The molecule has 1 amide bonds. The van der Waals surface area contributed by atoms with E-state index in [4.69, 9.17) is 5.73 Å². The normalized spacial score (nSPS) is 16.8. The minimum atomic E-state index is -0.843. The number of halogens is 3. The van der Waals surface area contributed by atoms with Crippen molar-refractivity contribution >= 4 is 18.3 Å². The summed E-state index contributed by atoms with van der Waals surface area (Å²) in [6.07, 6.45) is 3.14. The van der Waals surface area contributed by atoms with Crippen molar-refractivity contribution in [3.05, 3.63) is 35.4 Å². The van der Waals surface area contributed by atoms with Crippen LogP contribution < -0.4 is 11.1 Å². The predicted molar refractivity (Wildman–Crippen MR) is 70.8 cm³/mol. The molecule has 0 radical (unpaired) electrons. The van der Waals surface area contributed by atoms with Crippen molar-refractivity contribution in [3.63, 3.8) is 0 Å². The van der Waals surface area contributed by atoms with Gasteiger partial charge in [-0.15, -0.1) is 12.4 Å². The lowest BCUT2D eigenvalue weighted by Gasteiger charge is -2.22. The van der Waals surface area contributed by atoms with Crippen LogP contribution >= 0.6 is 12.4 Å². The Kier molecular flexibility index (Phi) is 5.26. The average Bonchev–Trinajstić information content (AvgIpc) is 2.78. The van der Waals surface area contributed by atoms with Gasteiger partial charge in [0.1, 0.15) is 11.6 Å². The molecular weight excluding hydrogens is 274 g/mol. The zero-order valence-electron chi connectivity index (χ0n) is 10.4. The van der Waals surface area contributed by atoms with Crippen LogP contribution in [0.4, 0.5) is 8.78 Å². The summed E-state index contributed by atoms with van der Waals surface area (Å²) in [6, 6.07) is 3.17. The standard InChI is InChI=1S/C13H16F2N2O.ClH/c14-10-3-4-11(15)9(7-10)8-17-12(18)13(16)5-1-2-6-13;/h3-4,7H,1-2,5-6,8,16H2,(H,17,18);1H. The number of hydrogen-bond donors (Lipinski definition) is 2. The second-order valence-electron chi connectivity index (χ2n) is 4.78. The number of amides is 1. The van der Waals surface area contributed by atoms with E-state index in [1.165, 1.54) is 0 Å². The highest BCUT2D eigenvalue weighted by molar-refractivity contribution is 5.86. The zero-order valence-corrected chi connectivity index (χ0v) is 11.2. The number of nitrogens with one attached hydrogen (secondary N) is 1. The average molecular weight is 291 g/mol. The summed E-state index contributed by atoms with van der Waals surface area (Å²) < 4.78 is 26.3. The lowest BCUT2D eigenvalue weighted by atomic mass is 9.98. The van der Waals surface area contributed by atoms with Crippen molar-refractivity contribution in [2.75, 3.05) is 0 Å². The topological polar surface area (TPSA) is 55.1 Å². The molecule has 0 aliphatic heterocycles. The van der Waals surface area contributed by atoms with E-state index < -0.39 is 17.2 Å². The summed E-state index contributed by atoms with van der Waals surface area (Å²) in [5, 5.41) is 2.58. The Labute approximate surface area is 117 Å². The van der Waals surface area contributed by atoms with E-state index in [-0.39, 0.29) is 30.4 Å². The molecule has 0 saturated heterocycles. The Morgan fingerprint density at radius 2 is 1.95 bits per heavy atom. The Balaban J connectivity index is 0.00000180. The highest BCUT2D eigenvalue weighted by atomic mass is 35.5. The van der Waals surface area contributed by atoms with Gasteiger partial charge in [0.15, 0.2) is 0 Å². The highest BCUT2D eigenvalue weighted by Crippen LogP contribution is 2.27. The molecule has 1 aromatic carbocycles. The van der Waals surface area contributed by atoms with Crippen LogP contribution in [0, 0.1) is 11.6 Å². The fourth-order valence-corrected chi connectivity index (χ4v) is 2.26.